The molecule has 0 aliphatic carbocycles. The molecule has 0 amide bonds. The third-order valence-corrected chi connectivity index (χ3v) is 24.0. The lowest BCUT2D eigenvalue weighted by atomic mass is 10.00. The van der Waals surface area contributed by atoms with Gasteiger partial charge in [-0.05, 0) is 48.5 Å². The molecule has 604 valence electrons. The van der Waals surface area contributed by atoms with Gasteiger partial charge in [-0.15, -0.1) is 0 Å². The van der Waals surface area contributed by atoms with Crippen molar-refractivity contribution in [3.05, 3.63) is 208 Å². The summed E-state index contributed by atoms with van der Waals surface area (Å²) >= 11 is -1.44. The molecule has 0 saturated carbocycles. The van der Waals surface area contributed by atoms with Crippen LogP contribution in [-0.2, 0) is 18.9 Å². The standard InChI is InChI=1S/C68H56F16N4O20S4/c69-33-29(34(70)42(78)61(41(33)77)109-65-57(101)53(97)49(93)21(9-89)105-65)25-13-1-2-14(85-13)26(30-35(71)43(79)62(44(80)36(30)72)110-66-58(102)54(98)50(94)22(10-90)106-66)16-5-6-18(87-16)28(32-39(75)47(83)64(48(84)40(32)76)112-68-60(104)56(100)52(96)24(12-92)108-68)20-8-7-19(88-20)27(17-4-3-15(25)86-17)31-37(73)45(81)63(46(82)38(31)74)111-67-59(103)55(99)51(95)23(11-91)107-67/h1-8,21-24,49-60,65-68,85-104H,9-12H2/t21-,22-,23-,24-,49-,50-,51-,52-,53+,54+,55+,56+,57-,58-,59-,60-,65+,66+,67+,68+/m1/s1. The van der Waals surface area contributed by atoms with E-state index in [1.807, 2.05) is 0 Å². The minimum absolute atomic E-state index is 0.360. The molecule has 112 heavy (non-hydrogen) atoms. The van der Waals surface area contributed by atoms with Crippen molar-refractivity contribution in [1.29, 1.82) is 0 Å². The van der Waals surface area contributed by atoms with Gasteiger partial charge in [0, 0.05) is 66.5 Å². The van der Waals surface area contributed by atoms with Crippen LogP contribution in [0.15, 0.2) is 68.1 Å². The van der Waals surface area contributed by atoms with Crippen LogP contribution < -0.4 is 21.4 Å². The first-order valence-corrected chi connectivity index (χ1v) is 36.2. The molecule has 44 heteroatoms. The van der Waals surface area contributed by atoms with E-state index in [1.54, 1.807) is 0 Å². The zero-order chi connectivity index (χ0) is 81.3. The van der Waals surface area contributed by atoms with Gasteiger partial charge in [-0.3, -0.25) is 0 Å². The number of rotatable bonds is 16. The van der Waals surface area contributed by atoms with Crippen LogP contribution in [0.3, 0.4) is 0 Å². The van der Waals surface area contributed by atoms with Crippen molar-refractivity contribution in [2.45, 2.75) is 139 Å². The van der Waals surface area contributed by atoms with Gasteiger partial charge in [0.2, 0.25) is 0 Å². The Kier molecular flexibility index (Phi) is 23.9. The van der Waals surface area contributed by atoms with Gasteiger partial charge < -0.3 is 121 Å². The second-order valence-corrected chi connectivity index (χ2v) is 30.2. The molecule has 13 rings (SSSR count). The first kappa shape index (κ1) is 82.9. The molecule has 4 fully saturated rings. The molecule has 24 nitrogen and oxygen atoms in total. The van der Waals surface area contributed by atoms with Crippen molar-refractivity contribution < 1.29 is 171 Å². The molecule has 0 spiro atoms. The molecule has 20 atom stereocenters. The summed E-state index contributed by atoms with van der Waals surface area (Å²) in [7, 11) is 0. The summed E-state index contributed by atoms with van der Waals surface area (Å²) in [6.45, 7) is -4.53. The highest BCUT2D eigenvalue weighted by atomic mass is 32.2. The predicted molar refractivity (Wildman–Crippen MR) is 352 cm³/mol. The molecule has 5 aliphatic rings. The van der Waals surface area contributed by atoms with E-state index in [0.29, 0.717) is 48.5 Å². The van der Waals surface area contributed by atoms with E-state index in [0.717, 1.165) is 0 Å². The molecule has 8 bridgehead atoms. The lowest BCUT2D eigenvalue weighted by molar-refractivity contribution is -0.205. The number of nitrogens with one attached hydrogen (secondary N) is 4. The van der Waals surface area contributed by atoms with Gasteiger partial charge in [0.25, 0.3) is 0 Å². The van der Waals surface area contributed by atoms with Crippen molar-refractivity contribution in [2.24, 2.45) is 0 Å². The van der Waals surface area contributed by atoms with Crippen LogP contribution >= 0.6 is 47.0 Å². The van der Waals surface area contributed by atoms with Crippen molar-refractivity contribution >= 4 is 69.3 Å². The number of benzene rings is 4. The topological polar surface area (TPSA) is 424 Å². The van der Waals surface area contributed by atoms with Gasteiger partial charge in [-0.1, -0.05) is 47.0 Å². The van der Waals surface area contributed by atoms with Gasteiger partial charge >= 0.3 is 0 Å². The van der Waals surface area contributed by atoms with Gasteiger partial charge in [-0.2, -0.15) is 0 Å². The van der Waals surface area contributed by atoms with E-state index >= 15 is 70.2 Å². The maximum absolute atomic E-state index is 17.6. The number of halogens is 16. The van der Waals surface area contributed by atoms with Crippen LogP contribution in [0.2, 0.25) is 0 Å². The number of fused-ring (bicyclic) bond motifs is 8. The molecule has 4 saturated heterocycles. The third-order valence-electron chi connectivity index (χ3n) is 19.1. The summed E-state index contributed by atoms with van der Waals surface area (Å²) in [5.41, 5.74) is -25.3. The molecule has 5 aliphatic heterocycles. The SMILES string of the molecule is OC[C@H]1O[C@@H](Sc2c(F)c(F)c(C3=c4ccc([nH]4)=C(c4c(F)c(F)c(S[C@@H]5O[C@H](CO)[C@@H](O)[C@H](O)[C@H]5O)c(F)c4F)c4ccc([nH]4)C(c4c(F)c(F)c(S[C@@H]5O[C@H](CO)[C@@H](O)[C@H](O)[C@H]5O)c(F)c4F)=c4ccc([nH]4)=C(c4c(F)c(F)c(S[C@@H]5O[C@H](CO)[C@@H](O)[C@H](O)[C@H]5O)c(F)c4F)c4ccc3[nH]4)c(F)c2F)[C@H](O)[C@@H](O)[C@@H]1O. The summed E-state index contributed by atoms with van der Waals surface area (Å²) in [6.07, 6.45) is -34.0. The van der Waals surface area contributed by atoms with Crippen LogP contribution in [0.4, 0.5) is 70.2 Å². The molecule has 9 heterocycles. The van der Waals surface area contributed by atoms with Crippen LogP contribution in [0.25, 0.3) is 22.3 Å². The molecule has 20 N–H and O–H groups in total. The van der Waals surface area contributed by atoms with E-state index in [-0.39, 0.29) is 47.0 Å². The second-order valence-electron chi connectivity index (χ2n) is 25.7. The smallest absolute Gasteiger partial charge is 0.176 e. The Morgan fingerprint density at radius 3 is 0.562 bits per heavy atom. The summed E-state index contributed by atoms with van der Waals surface area (Å²) in [5, 5.41) is 162. The quantitative estimate of drug-likeness (QED) is 0.0450. The number of ether oxygens (including phenoxy) is 4. The van der Waals surface area contributed by atoms with E-state index < -0.39 is 347 Å². The summed E-state index contributed by atoms with van der Waals surface area (Å²) in [6, 6.07) is 5.22. The van der Waals surface area contributed by atoms with Crippen molar-refractivity contribution in [3.8, 4) is 0 Å². The highest BCUT2D eigenvalue weighted by molar-refractivity contribution is 8.00. The first-order valence-electron chi connectivity index (χ1n) is 32.6. The minimum atomic E-state index is -2.46. The number of hydrogen-bond acceptors (Lipinski definition) is 24. The van der Waals surface area contributed by atoms with E-state index in [1.165, 1.54) is 0 Å². The first-order chi connectivity index (χ1) is 53.0. The molecule has 4 aromatic carbocycles. The van der Waals surface area contributed by atoms with Crippen LogP contribution in [0.5, 0.6) is 0 Å². The largest absolute Gasteiger partial charge is 0.394 e. The number of aromatic nitrogens is 4. The van der Waals surface area contributed by atoms with E-state index in [4.69, 9.17) is 18.9 Å². The maximum atomic E-state index is 17.6. The Morgan fingerprint density at radius 2 is 0.402 bits per heavy atom. The monoisotopic (exact) mass is 1680 g/mol. The number of aliphatic hydroxyl groups excluding tert-OH is 16. The summed E-state index contributed by atoms with van der Waals surface area (Å²) < 4.78 is 298. The summed E-state index contributed by atoms with van der Waals surface area (Å²) in [5.74, 6) is -38.9. The van der Waals surface area contributed by atoms with Crippen molar-refractivity contribution in [3.63, 3.8) is 0 Å². The van der Waals surface area contributed by atoms with Gasteiger partial charge in [0.05, 0.1) is 68.3 Å². The molecule has 4 aromatic heterocycles. The van der Waals surface area contributed by atoms with Gasteiger partial charge in [-0.25, -0.2) is 70.2 Å². The Hall–Kier alpha value is -7.04. The average Bonchev–Trinajstić information content (AvgIpc) is 1.35. The maximum Gasteiger partial charge on any atom is 0.176 e. The molecule has 8 aromatic rings. The predicted octanol–water partition coefficient (Wildman–Crippen LogP) is 0.0952. The zero-order valence-corrected chi connectivity index (χ0v) is 58.7. The molecular formula is C68H56F16N4O20S4. The fourth-order valence-corrected chi connectivity index (χ4v) is 17.7. The Morgan fingerprint density at radius 1 is 0.232 bits per heavy atom. The fraction of sp³-hybridized carbons (Fsp3) is 0.353. The lowest BCUT2D eigenvalue weighted by Crippen LogP contribution is -2.57. The van der Waals surface area contributed by atoms with Gasteiger partial charge in [0.1, 0.15) is 119 Å². The highest BCUT2D eigenvalue weighted by Crippen LogP contribution is 2.47. The fourth-order valence-electron chi connectivity index (χ4n) is 13.3. The summed E-state index contributed by atoms with van der Waals surface area (Å²) in [4.78, 5) is 2.81. The Bertz CT molecular complexity index is 4550. The van der Waals surface area contributed by atoms with Crippen molar-refractivity contribution in [1.82, 2.24) is 19.9 Å². The second kappa shape index (κ2) is 32.2. The highest BCUT2D eigenvalue weighted by Gasteiger charge is 2.50. The zero-order valence-electron chi connectivity index (χ0n) is 55.5. The number of thioether (sulfide) groups is 4. The van der Waals surface area contributed by atoms with Crippen LogP contribution in [-0.4, -0.2) is 247 Å². The van der Waals surface area contributed by atoms with Crippen LogP contribution in [0.1, 0.15) is 45.0 Å². The number of hydrogen-bond donors (Lipinski definition) is 20. The van der Waals surface area contributed by atoms with Crippen LogP contribution in [0, 0.1) is 93.1 Å². The minimum Gasteiger partial charge on any atom is -0.394 e. The molecule has 0 radical (unpaired) electrons. The Labute approximate surface area is 630 Å². The number of aromatic amines is 4. The number of H-pyrrole nitrogens is 4. The lowest BCUT2D eigenvalue weighted by Gasteiger charge is -2.39. The van der Waals surface area contributed by atoms with Gasteiger partial charge in [0.15, 0.2) is 93.1 Å². The Balaban J connectivity index is 1.11. The van der Waals surface area contributed by atoms with E-state index in [2.05, 4.69) is 19.9 Å². The normalized spacial score (nSPS) is 29.1. The number of aliphatic hydroxyl groups is 16. The third kappa shape index (κ3) is 14.0. The molecular weight excluding hydrogens is 1620 g/mol. The van der Waals surface area contributed by atoms with E-state index in [9.17, 15) is 81.7 Å². The average molecular weight is 1680 g/mol. The molecule has 0 unspecified atom stereocenters. The van der Waals surface area contributed by atoms with Crippen molar-refractivity contribution in [2.75, 3.05) is 26.4 Å².